The topological polar surface area (TPSA) is 71.0 Å². The van der Waals surface area contributed by atoms with E-state index in [1.165, 1.54) is 0 Å². The summed E-state index contributed by atoms with van der Waals surface area (Å²) in [6.07, 6.45) is 5.85. The van der Waals surface area contributed by atoms with E-state index in [1.54, 1.807) is 36.6 Å². The minimum absolute atomic E-state index is 0.138. The highest BCUT2D eigenvalue weighted by Crippen LogP contribution is 2.11. The molecule has 7 heteroatoms. The van der Waals surface area contributed by atoms with Crippen LogP contribution in [0.25, 0.3) is 0 Å². The molecule has 6 nitrogen and oxygen atoms in total. The maximum Gasteiger partial charge on any atom is 0.272 e. The highest BCUT2D eigenvalue weighted by Gasteiger charge is 2.14. The Labute approximate surface area is 163 Å². The molecule has 3 rings (SSSR count). The zero-order chi connectivity index (χ0) is 19.1. The summed E-state index contributed by atoms with van der Waals surface area (Å²) in [4.78, 5) is 26.8. The van der Waals surface area contributed by atoms with Crippen LogP contribution in [-0.4, -0.2) is 39.4 Å². The average Bonchev–Trinajstić information content (AvgIpc) is 2.72. The highest BCUT2D eigenvalue weighted by molar-refractivity contribution is 6.30. The van der Waals surface area contributed by atoms with Crippen LogP contribution in [0, 0.1) is 0 Å². The highest BCUT2D eigenvalue weighted by atomic mass is 35.5. The smallest absolute Gasteiger partial charge is 0.272 e. The summed E-state index contributed by atoms with van der Waals surface area (Å²) in [6, 6.07) is 13.0. The van der Waals surface area contributed by atoms with Crippen LogP contribution in [-0.2, 0) is 13.0 Å². The Hall–Kier alpha value is -2.99. The van der Waals surface area contributed by atoms with Gasteiger partial charge in [0.15, 0.2) is 0 Å². The van der Waals surface area contributed by atoms with Gasteiger partial charge in [-0.2, -0.15) is 0 Å². The lowest BCUT2D eigenvalue weighted by Gasteiger charge is -2.17. The zero-order valence-corrected chi connectivity index (χ0v) is 15.7. The number of halogens is 1. The van der Waals surface area contributed by atoms with Crippen molar-refractivity contribution in [2.45, 2.75) is 13.0 Å². The molecule has 1 amide bonds. The molecule has 1 N–H and O–H groups in total. The van der Waals surface area contributed by atoms with Crippen LogP contribution in [0.15, 0.2) is 61.1 Å². The van der Waals surface area contributed by atoms with Crippen LogP contribution in [0.5, 0.6) is 0 Å². The number of aromatic nitrogens is 3. The second-order valence-corrected chi connectivity index (χ2v) is 6.51. The number of rotatable bonds is 7. The first kappa shape index (κ1) is 18.8. The molecule has 0 saturated carbocycles. The number of pyridine rings is 1. The molecule has 2 heterocycles. The first-order valence-electron chi connectivity index (χ1n) is 8.57. The summed E-state index contributed by atoms with van der Waals surface area (Å²) < 4.78 is 0. The number of hydrogen-bond acceptors (Lipinski definition) is 5. The summed E-state index contributed by atoms with van der Waals surface area (Å²) in [5.41, 5.74) is 2.55. The van der Waals surface area contributed by atoms with Gasteiger partial charge in [0, 0.05) is 43.8 Å². The number of likely N-dealkylation sites (N-methyl/N-ethyl adjacent to an activating group) is 1. The van der Waals surface area contributed by atoms with Crippen LogP contribution >= 0.6 is 11.6 Å². The van der Waals surface area contributed by atoms with Crippen LogP contribution < -0.4 is 5.32 Å². The first-order valence-corrected chi connectivity index (χ1v) is 8.95. The predicted octanol–water partition coefficient (Wildman–Crippen LogP) is 3.45. The number of anilines is 1. The quantitative estimate of drug-likeness (QED) is 0.678. The Morgan fingerprint density at radius 3 is 2.52 bits per heavy atom. The van der Waals surface area contributed by atoms with Gasteiger partial charge in [-0.05, 0) is 47.9 Å². The Bertz CT molecular complexity index is 886. The average molecular weight is 382 g/mol. The van der Waals surface area contributed by atoms with Gasteiger partial charge in [0.2, 0.25) is 5.95 Å². The number of nitrogens with one attached hydrogen (secondary N) is 1. The fourth-order valence-electron chi connectivity index (χ4n) is 2.49. The molecule has 138 valence electrons. The molecule has 0 atom stereocenters. The van der Waals surface area contributed by atoms with Crippen molar-refractivity contribution in [1.82, 2.24) is 19.9 Å². The monoisotopic (exact) mass is 381 g/mol. The second kappa shape index (κ2) is 9.09. The molecule has 0 spiro atoms. The minimum Gasteiger partial charge on any atom is -0.350 e. The first-order chi connectivity index (χ1) is 13.1. The van der Waals surface area contributed by atoms with Gasteiger partial charge in [0.05, 0.1) is 0 Å². The summed E-state index contributed by atoms with van der Waals surface area (Å²) in [6.45, 7) is 1.15. The Morgan fingerprint density at radius 1 is 1.04 bits per heavy atom. The minimum atomic E-state index is -0.138. The lowest BCUT2D eigenvalue weighted by molar-refractivity contribution is 0.0791. The number of hydrogen-bond donors (Lipinski definition) is 1. The van der Waals surface area contributed by atoms with Crippen molar-refractivity contribution in [3.8, 4) is 0 Å². The molecule has 3 aromatic rings. The van der Waals surface area contributed by atoms with Gasteiger partial charge in [-0.1, -0.05) is 23.7 Å². The van der Waals surface area contributed by atoms with Gasteiger partial charge < -0.3 is 10.2 Å². The third-order valence-electron chi connectivity index (χ3n) is 4.07. The molecular weight excluding hydrogens is 362 g/mol. The number of carbonyl (C=O) groups is 1. The van der Waals surface area contributed by atoms with Crippen LogP contribution in [0.3, 0.4) is 0 Å². The molecule has 27 heavy (non-hydrogen) atoms. The summed E-state index contributed by atoms with van der Waals surface area (Å²) in [5.74, 6) is 0.277. The third kappa shape index (κ3) is 5.49. The van der Waals surface area contributed by atoms with E-state index in [-0.39, 0.29) is 5.91 Å². The molecule has 0 saturated heterocycles. The molecule has 0 aliphatic carbocycles. The van der Waals surface area contributed by atoms with E-state index >= 15 is 0 Å². The molecular formula is C20H20ClN5O. The number of benzene rings is 1. The predicted molar refractivity (Wildman–Crippen MR) is 106 cm³/mol. The third-order valence-corrected chi connectivity index (χ3v) is 4.32. The molecule has 0 aliphatic heterocycles. The van der Waals surface area contributed by atoms with Crippen molar-refractivity contribution in [3.63, 3.8) is 0 Å². The summed E-state index contributed by atoms with van der Waals surface area (Å²) >= 11 is 5.89. The normalized spacial score (nSPS) is 10.4. The molecule has 0 radical (unpaired) electrons. The summed E-state index contributed by atoms with van der Waals surface area (Å²) in [5, 5.41) is 3.82. The van der Waals surface area contributed by atoms with Crippen LogP contribution in [0.1, 0.15) is 21.6 Å². The van der Waals surface area contributed by atoms with E-state index in [0.29, 0.717) is 29.8 Å². The molecule has 0 bridgehead atoms. The van der Waals surface area contributed by atoms with Gasteiger partial charge >= 0.3 is 0 Å². The fraction of sp³-hybridized carbons (Fsp3) is 0.200. The lowest BCUT2D eigenvalue weighted by atomic mass is 10.2. The lowest BCUT2D eigenvalue weighted by Crippen LogP contribution is -2.29. The maximum absolute atomic E-state index is 12.6. The van der Waals surface area contributed by atoms with Gasteiger partial charge in [0.25, 0.3) is 5.91 Å². The second-order valence-electron chi connectivity index (χ2n) is 6.08. The van der Waals surface area contributed by atoms with Crippen LogP contribution in [0.2, 0.25) is 5.02 Å². The Kier molecular flexibility index (Phi) is 6.33. The summed E-state index contributed by atoms with van der Waals surface area (Å²) in [7, 11) is 1.77. The van der Waals surface area contributed by atoms with E-state index in [1.807, 2.05) is 36.4 Å². The van der Waals surface area contributed by atoms with E-state index in [2.05, 4.69) is 20.3 Å². The zero-order valence-electron chi connectivity index (χ0n) is 15.0. The van der Waals surface area contributed by atoms with Crippen molar-refractivity contribution in [2.75, 3.05) is 18.9 Å². The van der Waals surface area contributed by atoms with Gasteiger partial charge in [-0.3, -0.25) is 9.78 Å². The van der Waals surface area contributed by atoms with E-state index in [0.717, 1.165) is 17.5 Å². The largest absolute Gasteiger partial charge is 0.350 e. The number of carbonyl (C=O) groups excluding carboxylic acids is 1. The van der Waals surface area contributed by atoms with Crippen molar-refractivity contribution < 1.29 is 4.79 Å². The standard InChI is InChI=1S/C20H20ClN5O/c1-26(13-9-15-6-10-22-11-7-15)19(27)18-8-12-23-20(25-18)24-14-16-2-4-17(21)5-3-16/h2-8,10-12H,9,13-14H2,1H3,(H,23,24,25). The van der Waals surface area contributed by atoms with Crippen molar-refractivity contribution in [1.29, 1.82) is 0 Å². The SMILES string of the molecule is CN(CCc1ccncc1)C(=O)c1ccnc(NCc2ccc(Cl)cc2)n1. The van der Waals surface area contributed by atoms with Crippen molar-refractivity contribution in [3.05, 3.63) is 82.9 Å². The van der Waals surface area contributed by atoms with Gasteiger partial charge in [-0.15, -0.1) is 0 Å². The van der Waals surface area contributed by atoms with Crippen molar-refractivity contribution in [2.24, 2.45) is 0 Å². The van der Waals surface area contributed by atoms with E-state index in [4.69, 9.17) is 11.6 Å². The molecule has 1 aromatic carbocycles. The molecule has 2 aromatic heterocycles. The number of amides is 1. The van der Waals surface area contributed by atoms with E-state index < -0.39 is 0 Å². The van der Waals surface area contributed by atoms with Gasteiger partial charge in [-0.25, -0.2) is 9.97 Å². The Morgan fingerprint density at radius 2 is 1.78 bits per heavy atom. The van der Waals surface area contributed by atoms with Gasteiger partial charge in [0.1, 0.15) is 5.69 Å². The van der Waals surface area contributed by atoms with Crippen molar-refractivity contribution >= 4 is 23.5 Å². The van der Waals surface area contributed by atoms with E-state index in [9.17, 15) is 4.79 Å². The maximum atomic E-state index is 12.6. The molecule has 0 aliphatic rings. The molecule has 0 unspecified atom stereocenters. The fourth-order valence-corrected chi connectivity index (χ4v) is 2.62. The number of nitrogens with zero attached hydrogens (tertiary/aromatic N) is 4. The van der Waals surface area contributed by atoms with Crippen LogP contribution in [0.4, 0.5) is 5.95 Å². The Balaban J connectivity index is 1.58. The molecule has 0 fully saturated rings.